The van der Waals surface area contributed by atoms with Gasteiger partial charge in [0.25, 0.3) is 5.89 Å². The summed E-state index contributed by atoms with van der Waals surface area (Å²) >= 11 is 0. The summed E-state index contributed by atoms with van der Waals surface area (Å²) in [6, 6.07) is 9.52. The summed E-state index contributed by atoms with van der Waals surface area (Å²) in [5.41, 5.74) is 1.72. The molecule has 1 atom stereocenters. The molecule has 1 aliphatic carbocycles. The molecule has 1 N–H and O–H groups in total. The van der Waals surface area contributed by atoms with E-state index in [1.54, 1.807) is 0 Å². The number of nitrogens with one attached hydrogen (secondary N) is 1. The molecule has 0 bridgehead atoms. The van der Waals surface area contributed by atoms with Crippen molar-refractivity contribution in [2.45, 2.75) is 38.6 Å². The van der Waals surface area contributed by atoms with Crippen molar-refractivity contribution >= 4 is 11.7 Å². The van der Waals surface area contributed by atoms with Gasteiger partial charge in [0.1, 0.15) is 0 Å². The molecule has 3 rings (SSSR count). The van der Waals surface area contributed by atoms with E-state index in [0.717, 1.165) is 24.8 Å². The number of carbonyl (C=O) groups excluding carboxylic acids is 1. The van der Waals surface area contributed by atoms with E-state index in [0.29, 0.717) is 5.57 Å². The lowest BCUT2D eigenvalue weighted by atomic mass is 9.91. The summed E-state index contributed by atoms with van der Waals surface area (Å²) in [7, 11) is 0. The Morgan fingerprint density at radius 3 is 2.74 bits per heavy atom. The quantitative estimate of drug-likeness (QED) is 0.918. The predicted molar refractivity (Wildman–Crippen MR) is 82.9 cm³/mol. The standard InChI is InChI=1S/C17H18FN3O2/c1-11(12-6-3-2-4-7-12)19-15(22)10-14-20-17(23-21-14)16(18)13-8-5-9-13/h2-4,6-7,11H,5,8-10H2,1H3,(H,19,22). The van der Waals surface area contributed by atoms with Crippen molar-refractivity contribution in [1.29, 1.82) is 0 Å². The summed E-state index contributed by atoms with van der Waals surface area (Å²) in [5.74, 6) is -0.607. The lowest BCUT2D eigenvalue weighted by Gasteiger charge is -2.15. The molecular weight excluding hydrogens is 297 g/mol. The van der Waals surface area contributed by atoms with Gasteiger partial charge < -0.3 is 9.84 Å². The smallest absolute Gasteiger partial charge is 0.286 e. The second kappa shape index (κ2) is 6.73. The monoisotopic (exact) mass is 315 g/mol. The minimum Gasteiger partial charge on any atom is -0.349 e. The number of nitrogens with zero attached hydrogens (tertiary/aromatic N) is 2. The van der Waals surface area contributed by atoms with Crippen LogP contribution in [0.3, 0.4) is 0 Å². The molecule has 0 aliphatic heterocycles. The average Bonchev–Trinajstić information content (AvgIpc) is 2.94. The number of rotatable bonds is 5. The van der Waals surface area contributed by atoms with Crippen molar-refractivity contribution in [2.75, 3.05) is 0 Å². The predicted octanol–water partition coefficient (Wildman–Crippen LogP) is 3.35. The van der Waals surface area contributed by atoms with Crippen LogP contribution < -0.4 is 5.32 Å². The summed E-state index contributed by atoms with van der Waals surface area (Å²) in [5, 5.41) is 6.54. The van der Waals surface area contributed by atoms with Crippen molar-refractivity contribution in [2.24, 2.45) is 0 Å². The van der Waals surface area contributed by atoms with Crippen LogP contribution >= 0.6 is 0 Å². The molecule has 1 amide bonds. The molecule has 2 aromatic rings. The third kappa shape index (κ3) is 3.64. The second-order valence-corrected chi connectivity index (χ2v) is 5.66. The zero-order chi connectivity index (χ0) is 16.2. The largest absolute Gasteiger partial charge is 0.349 e. The maximum Gasteiger partial charge on any atom is 0.286 e. The fraction of sp³-hybridized carbons (Fsp3) is 0.353. The summed E-state index contributed by atoms with van der Waals surface area (Å²) in [6.45, 7) is 1.90. The number of allylic oxidation sites excluding steroid dienone is 1. The van der Waals surface area contributed by atoms with Crippen molar-refractivity contribution in [3.8, 4) is 0 Å². The van der Waals surface area contributed by atoms with Crippen LogP contribution in [0.25, 0.3) is 5.83 Å². The lowest BCUT2D eigenvalue weighted by Crippen LogP contribution is -2.28. The fourth-order valence-electron chi connectivity index (χ4n) is 2.40. The van der Waals surface area contributed by atoms with Gasteiger partial charge in [0.2, 0.25) is 5.91 Å². The van der Waals surface area contributed by atoms with Gasteiger partial charge in [0, 0.05) is 0 Å². The summed E-state index contributed by atoms with van der Waals surface area (Å²) < 4.78 is 18.8. The molecule has 120 valence electrons. The van der Waals surface area contributed by atoms with Gasteiger partial charge >= 0.3 is 0 Å². The molecule has 5 nitrogen and oxygen atoms in total. The highest BCUT2D eigenvalue weighted by molar-refractivity contribution is 5.78. The highest BCUT2D eigenvalue weighted by Crippen LogP contribution is 2.33. The minimum absolute atomic E-state index is 0.0384. The van der Waals surface area contributed by atoms with Crippen molar-refractivity contribution < 1.29 is 13.7 Å². The maximum atomic E-state index is 13.9. The van der Waals surface area contributed by atoms with E-state index in [1.165, 1.54) is 0 Å². The SMILES string of the molecule is CC(NC(=O)Cc1noc(C(F)=C2CCC2)n1)c1ccccc1. The number of amides is 1. The van der Waals surface area contributed by atoms with E-state index < -0.39 is 5.83 Å². The van der Waals surface area contributed by atoms with Crippen LogP contribution in [-0.2, 0) is 11.2 Å². The van der Waals surface area contributed by atoms with Gasteiger partial charge in [-0.25, -0.2) is 4.39 Å². The lowest BCUT2D eigenvalue weighted by molar-refractivity contribution is -0.121. The Balaban J connectivity index is 1.59. The van der Waals surface area contributed by atoms with Crippen LogP contribution in [0.15, 0.2) is 40.4 Å². The van der Waals surface area contributed by atoms with Crippen LogP contribution in [0.2, 0.25) is 0 Å². The highest BCUT2D eigenvalue weighted by atomic mass is 19.1. The van der Waals surface area contributed by atoms with Gasteiger partial charge in [-0.05, 0) is 37.3 Å². The molecular formula is C17H18FN3O2. The summed E-state index contributed by atoms with van der Waals surface area (Å²) in [4.78, 5) is 16.0. The molecule has 1 aliphatic rings. The van der Waals surface area contributed by atoms with Gasteiger partial charge in [-0.15, -0.1) is 0 Å². The Morgan fingerprint density at radius 1 is 1.35 bits per heavy atom. The van der Waals surface area contributed by atoms with Crippen LogP contribution in [0.4, 0.5) is 4.39 Å². The number of halogens is 1. The first-order chi connectivity index (χ1) is 11.1. The van der Waals surface area contributed by atoms with Crippen LogP contribution in [0, 0.1) is 0 Å². The molecule has 1 heterocycles. The van der Waals surface area contributed by atoms with E-state index in [2.05, 4.69) is 15.5 Å². The van der Waals surface area contributed by atoms with Gasteiger partial charge in [-0.2, -0.15) is 4.98 Å². The molecule has 1 aromatic heterocycles. The van der Waals surface area contributed by atoms with E-state index in [9.17, 15) is 9.18 Å². The first-order valence-corrected chi connectivity index (χ1v) is 7.68. The molecule has 1 unspecified atom stereocenters. The average molecular weight is 315 g/mol. The van der Waals surface area contributed by atoms with Gasteiger partial charge in [0.15, 0.2) is 11.7 Å². The van der Waals surface area contributed by atoms with Crippen molar-refractivity contribution in [1.82, 2.24) is 15.5 Å². The first-order valence-electron chi connectivity index (χ1n) is 7.68. The Morgan fingerprint density at radius 2 is 2.09 bits per heavy atom. The Bertz CT molecular complexity index is 718. The molecule has 1 aromatic carbocycles. The summed E-state index contributed by atoms with van der Waals surface area (Å²) in [6.07, 6.45) is 2.42. The van der Waals surface area contributed by atoms with Crippen LogP contribution in [-0.4, -0.2) is 16.0 Å². The van der Waals surface area contributed by atoms with E-state index >= 15 is 0 Å². The molecule has 0 spiro atoms. The van der Waals surface area contributed by atoms with Gasteiger partial charge in [0.05, 0.1) is 12.5 Å². The van der Waals surface area contributed by atoms with Gasteiger partial charge in [-0.1, -0.05) is 35.5 Å². The number of aromatic nitrogens is 2. The third-order valence-corrected chi connectivity index (χ3v) is 3.92. The first kappa shape index (κ1) is 15.4. The van der Waals surface area contributed by atoms with Crippen molar-refractivity contribution in [3.63, 3.8) is 0 Å². The Kier molecular flexibility index (Phi) is 4.50. The Labute approximate surface area is 133 Å². The number of benzene rings is 1. The number of hydrogen-bond acceptors (Lipinski definition) is 4. The molecule has 1 fully saturated rings. The Hall–Kier alpha value is -2.50. The number of carbonyl (C=O) groups is 1. The maximum absolute atomic E-state index is 13.9. The topological polar surface area (TPSA) is 68.0 Å². The minimum atomic E-state index is -0.437. The number of hydrogen-bond donors (Lipinski definition) is 1. The second-order valence-electron chi connectivity index (χ2n) is 5.66. The molecule has 6 heteroatoms. The highest BCUT2D eigenvalue weighted by Gasteiger charge is 2.21. The van der Waals surface area contributed by atoms with E-state index in [-0.39, 0.29) is 30.1 Å². The van der Waals surface area contributed by atoms with Crippen LogP contribution in [0.1, 0.15) is 49.5 Å². The van der Waals surface area contributed by atoms with E-state index in [1.807, 2.05) is 37.3 Å². The van der Waals surface area contributed by atoms with E-state index in [4.69, 9.17) is 4.52 Å². The zero-order valence-electron chi connectivity index (χ0n) is 12.9. The normalized spacial score (nSPS) is 15.0. The van der Waals surface area contributed by atoms with Crippen LogP contribution in [0.5, 0.6) is 0 Å². The fourth-order valence-corrected chi connectivity index (χ4v) is 2.40. The van der Waals surface area contributed by atoms with Gasteiger partial charge in [-0.3, -0.25) is 4.79 Å². The molecule has 0 saturated heterocycles. The molecule has 1 saturated carbocycles. The zero-order valence-corrected chi connectivity index (χ0v) is 12.9. The molecule has 0 radical (unpaired) electrons. The molecule has 23 heavy (non-hydrogen) atoms. The third-order valence-electron chi connectivity index (χ3n) is 3.92. The van der Waals surface area contributed by atoms with Crippen molar-refractivity contribution in [3.05, 3.63) is 53.2 Å².